The molecule has 0 aliphatic carbocycles. The molecule has 0 fully saturated rings. The smallest absolute Gasteiger partial charge is 0.326 e. The highest BCUT2D eigenvalue weighted by molar-refractivity contribution is 5.99. The molecular formula is C13H14N2O4. The van der Waals surface area contributed by atoms with Crippen molar-refractivity contribution in [3.63, 3.8) is 0 Å². The SMILES string of the molecule is O=C(NC(CCO)C(=O)O)c1ccc2[nH]ccc2c1. The highest BCUT2D eigenvalue weighted by Crippen LogP contribution is 2.14. The number of aliphatic carboxylic acids is 1. The number of aliphatic hydroxyl groups is 1. The Morgan fingerprint density at radius 1 is 1.32 bits per heavy atom. The molecule has 2 aromatic rings. The Kier molecular flexibility index (Phi) is 3.82. The molecule has 19 heavy (non-hydrogen) atoms. The number of rotatable bonds is 5. The summed E-state index contributed by atoms with van der Waals surface area (Å²) in [6.45, 7) is -0.298. The van der Waals surface area contributed by atoms with Gasteiger partial charge in [0.15, 0.2) is 0 Å². The van der Waals surface area contributed by atoms with Crippen LogP contribution < -0.4 is 5.32 Å². The molecule has 0 saturated carbocycles. The van der Waals surface area contributed by atoms with Crippen LogP contribution in [0.1, 0.15) is 16.8 Å². The summed E-state index contributed by atoms with van der Waals surface area (Å²) in [6, 6.07) is 5.80. The maximum Gasteiger partial charge on any atom is 0.326 e. The van der Waals surface area contributed by atoms with Crippen molar-refractivity contribution in [2.45, 2.75) is 12.5 Å². The molecule has 0 spiro atoms. The number of benzene rings is 1. The number of aromatic nitrogens is 1. The van der Waals surface area contributed by atoms with E-state index in [9.17, 15) is 9.59 Å². The molecule has 6 heteroatoms. The van der Waals surface area contributed by atoms with Crippen LogP contribution in [0.5, 0.6) is 0 Å². The van der Waals surface area contributed by atoms with E-state index in [1.165, 1.54) is 0 Å². The van der Waals surface area contributed by atoms with Gasteiger partial charge in [0.05, 0.1) is 0 Å². The lowest BCUT2D eigenvalue weighted by molar-refractivity contribution is -0.139. The molecule has 0 bridgehead atoms. The standard InChI is InChI=1S/C13H14N2O4/c16-6-4-11(13(18)19)15-12(17)9-1-2-10-8(7-9)3-5-14-10/h1-3,5,7,11,14,16H,4,6H2,(H,15,17)(H,18,19). The summed E-state index contributed by atoms with van der Waals surface area (Å²) in [6.07, 6.45) is 1.74. The van der Waals surface area contributed by atoms with Gasteiger partial charge in [-0.25, -0.2) is 4.79 Å². The number of carbonyl (C=O) groups excluding carboxylic acids is 1. The second kappa shape index (κ2) is 5.53. The van der Waals surface area contributed by atoms with Crippen LogP contribution in [-0.2, 0) is 4.79 Å². The van der Waals surface area contributed by atoms with Crippen LogP contribution >= 0.6 is 0 Å². The predicted octanol–water partition coefficient (Wildman–Crippen LogP) is 0.733. The summed E-state index contributed by atoms with van der Waals surface area (Å²) >= 11 is 0. The van der Waals surface area contributed by atoms with E-state index in [2.05, 4.69) is 10.3 Å². The number of fused-ring (bicyclic) bond motifs is 1. The number of carbonyl (C=O) groups is 2. The number of aliphatic hydroxyl groups excluding tert-OH is 1. The van der Waals surface area contributed by atoms with Crippen LogP contribution in [0.2, 0.25) is 0 Å². The largest absolute Gasteiger partial charge is 0.480 e. The highest BCUT2D eigenvalue weighted by atomic mass is 16.4. The zero-order chi connectivity index (χ0) is 13.8. The molecule has 1 aromatic carbocycles. The molecule has 1 atom stereocenters. The van der Waals surface area contributed by atoms with E-state index in [0.717, 1.165) is 10.9 Å². The molecular weight excluding hydrogens is 248 g/mol. The first-order valence-electron chi connectivity index (χ1n) is 5.83. The van der Waals surface area contributed by atoms with Crippen molar-refractivity contribution in [1.29, 1.82) is 0 Å². The zero-order valence-electron chi connectivity index (χ0n) is 10.1. The Morgan fingerprint density at radius 2 is 2.11 bits per heavy atom. The minimum absolute atomic E-state index is 0.0204. The van der Waals surface area contributed by atoms with Gasteiger partial charge in [0.25, 0.3) is 5.91 Å². The quantitative estimate of drug-likeness (QED) is 0.638. The van der Waals surface area contributed by atoms with Crippen molar-refractivity contribution in [2.75, 3.05) is 6.61 Å². The van der Waals surface area contributed by atoms with Gasteiger partial charge in [-0.1, -0.05) is 0 Å². The van der Waals surface area contributed by atoms with Gasteiger partial charge >= 0.3 is 5.97 Å². The molecule has 1 unspecified atom stereocenters. The van der Waals surface area contributed by atoms with Gasteiger partial charge in [-0.3, -0.25) is 4.79 Å². The molecule has 0 aliphatic heterocycles. The Balaban J connectivity index is 2.16. The number of nitrogens with one attached hydrogen (secondary N) is 2. The lowest BCUT2D eigenvalue weighted by Crippen LogP contribution is -2.41. The van der Waals surface area contributed by atoms with Gasteiger partial charge in [-0.15, -0.1) is 0 Å². The van der Waals surface area contributed by atoms with E-state index >= 15 is 0 Å². The van der Waals surface area contributed by atoms with Crippen molar-refractivity contribution >= 4 is 22.8 Å². The summed E-state index contributed by atoms with van der Waals surface area (Å²) in [4.78, 5) is 25.8. The molecule has 1 aromatic heterocycles. The van der Waals surface area contributed by atoms with Crippen LogP contribution in [0, 0.1) is 0 Å². The van der Waals surface area contributed by atoms with Crippen molar-refractivity contribution in [2.24, 2.45) is 0 Å². The van der Waals surface area contributed by atoms with Crippen molar-refractivity contribution < 1.29 is 19.8 Å². The third kappa shape index (κ3) is 2.92. The van der Waals surface area contributed by atoms with Crippen molar-refractivity contribution in [3.8, 4) is 0 Å². The fourth-order valence-corrected chi connectivity index (χ4v) is 1.82. The predicted molar refractivity (Wildman–Crippen MR) is 68.9 cm³/mol. The number of H-pyrrole nitrogens is 1. The monoisotopic (exact) mass is 262 g/mol. The van der Waals surface area contributed by atoms with Gasteiger partial charge in [0.1, 0.15) is 6.04 Å². The Labute approximate surface area is 109 Å². The van der Waals surface area contributed by atoms with Gasteiger partial charge in [-0.05, 0) is 24.3 Å². The first-order valence-corrected chi connectivity index (χ1v) is 5.83. The van der Waals surface area contributed by atoms with Crippen LogP contribution in [0.15, 0.2) is 30.5 Å². The lowest BCUT2D eigenvalue weighted by atomic mass is 10.1. The number of hydrogen-bond donors (Lipinski definition) is 4. The highest BCUT2D eigenvalue weighted by Gasteiger charge is 2.20. The average molecular weight is 262 g/mol. The molecule has 0 saturated heterocycles. The fourth-order valence-electron chi connectivity index (χ4n) is 1.82. The Bertz CT molecular complexity index is 605. The van der Waals surface area contributed by atoms with E-state index < -0.39 is 17.9 Å². The number of hydrogen-bond acceptors (Lipinski definition) is 3. The topological polar surface area (TPSA) is 102 Å². The number of aromatic amines is 1. The van der Waals surface area contributed by atoms with Gasteiger partial charge in [-0.2, -0.15) is 0 Å². The van der Waals surface area contributed by atoms with Crippen molar-refractivity contribution in [1.82, 2.24) is 10.3 Å². The molecule has 100 valence electrons. The van der Waals surface area contributed by atoms with E-state index in [0.29, 0.717) is 5.56 Å². The van der Waals surface area contributed by atoms with E-state index in [1.807, 2.05) is 6.07 Å². The second-order valence-electron chi connectivity index (χ2n) is 4.16. The van der Waals surface area contributed by atoms with Gasteiger partial charge in [0.2, 0.25) is 0 Å². The summed E-state index contributed by atoms with van der Waals surface area (Å²) < 4.78 is 0. The summed E-state index contributed by atoms with van der Waals surface area (Å²) in [5.41, 5.74) is 1.29. The van der Waals surface area contributed by atoms with Gasteiger partial charge in [0, 0.05) is 35.7 Å². The Morgan fingerprint density at radius 3 is 2.79 bits per heavy atom. The maximum absolute atomic E-state index is 11.9. The molecule has 4 N–H and O–H groups in total. The molecule has 0 aliphatic rings. The second-order valence-corrected chi connectivity index (χ2v) is 4.16. The van der Waals surface area contributed by atoms with Crippen LogP contribution in [0.4, 0.5) is 0 Å². The normalized spacial score (nSPS) is 12.3. The third-order valence-electron chi connectivity index (χ3n) is 2.84. The van der Waals surface area contributed by atoms with Crippen LogP contribution in [0.25, 0.3) is 10.9 Å². The minimum atomic E-state index is -1.16. The van der Waals surface area contributed by atoms with Crippen LogP contribution in [0.3, 0.4) is 0 Å². The van der Waals surface area contributed by atoms with E-state index in [4.69, 9.17) is 10.2 Å². The molecule has 1 heterocycles. The number of amides is 1. The lowest BCUT2D eigenvalue weighted by Gasteiger charge is -2.13. The molecule has 2 rings (SSSR count). The average Bonchev–Trinajstić information content (AvgIpc) is 2.85. The van der Waals surface area contributed by atoms with Crippen LogP contribution in [-0.4, -0.2) is 39.7 Å². The maximum atomic E-state index is 11.9. The molecule has 6 nitrogen and oxygen atoms in total. The first-order chi connectivity index (χ1) is 9.11. The fraction of sp³-hybridized carbons (Fsp3) is 0.231. The zero-order valence-corrected chi connectivity index (χ0v) is 10.1. The minimum Gasteiger partial charge on any atom is -0.480 e. The molecule has 0 radical (unpaired) electrons. The number of carboxylic acids is 1. The third-order valence-corrected chi connectivity index (χ3v) is 2.84. The summed E-state index contributed by atoms with van der Waals surface area (Å²) in [5.74, 6) is -1.63. The van der Waals surface area contributed by atoms with Crippen molar-refractivity contribution in [3.05, 3.63) is 36.0 Å². The number of carboxylic acid groups (broad SMARTS) is 1. The van der Waals surface area contributed by atoms with E-state index in [1.54, 1.807) is 24.4 Å². The summed E-state index contributed by atoms with van der Waals surface area (Å²) in [7, 11) is 0. The first kappa shape index (κ1) is 13.1. The Hall–Kier alpha value is -2.34. The summed E-state index contributed by atoms with van der Waals surface area (Å²) in [5, 5.41) is 20.9. The molecule has 1 amide bonds. The van der Waals surface area contributed by atoms with Gasteiger partial charge < -0.3 is 20.5 Å². The van der Waals surface area contributed by atoms with E-state index in [-0.39, 0.29) is 13.0 Å².